The summed E-state index contributed by atoms with van der Waals surface area (Å²) in [5.74, 6) is 0. The Labute approximate surface area is 37.8 Å². The normalized spacial score (nSPS) is 17.9. The Hall–Kier alpha value is -1.13. The van der Waals surface area contributed by atoms with Crippen LogP contribution in [0.25, 0.3) is 0 Å². The van der Waals surface area contributed by atoms with E-state index >= 15 is 0 Å². The van der Waals surface area contributed by atoms with E-state index < -0.39 is 12.1 Å². The van der Waals surface area contributed by atoms with Crippen LogP contribution in [-0.4, -0.2) is 12.1 Å². The molecule has 1 heterocycles. The summed E-state index contributed by atoms with van der Waals surface area (Å²) in [7, 11) is 0. The third-order valence-corrected chi connectivity index (χ3v) is 0.406. The van der Waals surface area contributed by atoms with Gasteiger partial charge in [0.2, 0.25) is 0 Å². The molecule has 36 valence electrons. The number of nitrogens with zero attached hydrogens (tertiary/aromatic N) is 3. The molecular formula is C2FN3O. The minimum absolute atomic E-state index is 0.877. The van der Waals surface area contributed by atoms with E-state index in [1.165, 1.54) is 0 Å². The van der Waals surface area contributed by atoms with Crippen molar-refractivity contribution in [1.82, 2.24) is 0 Å². The van der Waals surface area contributed by atoms with Gasteiger partial charge >= 0.3 is 12.1 Å². The van der Waals surface area contributed by atoms with Gasteiger partial charge in [0.1, 0.15) is 0 Å². The number of rotatable bonds is 0. The van der Waals surface area contributed by atoms with E-state index in [4.69, 9.17) is 0 Å². The summed E-state index contributed by atoms with van der Waals surface area (Å²) < 4.78 is 11.4. The fourth-order valence-corrected chi connectivity index (χ4v) is 0.208. The Kier molecular flexibility index (Phi) is 0.680. The smallest absolute Gasteiger partial charge is 0.242 e. The molecule has 0 aromatic heterocycles. The highest BCUT2D eigenvalue weighted by Crippen LogP contribution is 1.97. The molecule has 0 aromatic carbocycles. The predicted octanol–water partition coefficient (Wildman–Crippen LogP) is 0.898. The van der Waals surface area contributed by atoms with Crippen molar-refractivity contribution in [2.75, 3.05) is 0 Å². The minimum Gasteiger partial charge on any atom is -0.242 e. The summed E-state index contributed by atoms with van der Waals surface area (Å²) in [5, 5.41) is 5.40. The van der Waals surface area contributed by atoms with Crippen molar-refractivity contribution in [2.45, 2.75) is 0 Å². The Morgan fingerprint density at radius 3 is 2.29 bits per heavy atom. The molecule has 0 atom stereocenters. The van der Waals surface area contributed by atoms with Crippen LogP contribution in [0.2, 0.25) is 0 Å². The quantitative estimate of drug-likeness (QED) is 0.418. The molecule has 0 spiro atoms. The molecule has 0 bridgehead atoms. The molecule has 4 nitrogen and oxygen atoms in total. The molecule has 0 radical (unpaired) electrons. The van der Waals surface area contributed by atoms with Crippen LogP contribution in [0, 0.1) is 0 Å². The molecule has 5 heteroatoms. The second kappa shape index (κ2) is 1.18. The van der Waals surface area contributed by atoms with Gasteiger partial charge in [-0.15, -0.1) is 4.99 Å². The molecule has 0 unspecified atom stereocenters. The molecule has 0 aliphatic carbocycles. The van der Waals surface area contributed by atoms with Crippen molar-refractivity contribution in [3.8, 4) is 0 Å². The molecule has 0 saturated carbocycles. The fraction of sp³-hybridized carbons (Fsp3) is 0. The highest BCUT2D eigenvalue weighted by molar-refractivity contribution is 5.93. The zero-order chi connectivity index (χ0) is 5.28. The number of aliphatic imine (C=N–C) groups is 1. The maximum Gasteiger partial charge on any atom is 0.389 e. The van der Waals surface area contributed by atoms with E-state index in [1.807, 2.05) is 0 Å². The van der Waals surface area contributed by atoms with Gasteiger partial charge in [-0.3, -0.25) is 0 Å². The largest absolute Gasteiger partial charge is 0.389 e. The van der Waals surface area contributed by atoms with Gasteiger partial charge in [0.25, 0.3) is 0 Å². The first-order valence-electron chi connectivity index (χ1n) is 1.49. The lowest BCUT2D eigenvalue weighted by atomic mass is 11.1. The lowest BCUT2D eigenvalue weighted by Gasteiger charge is -1.61. The average molecular weight is 101 g/mol. The predicted molar refractivity (Wildman–Crippen MR) is 18.8 cm³/mol. The van der Waals surface area contributed by atoms with Crippen molar-refractivity contribution in [3.05, 3.63) is 0 Å². The van der Waals surface area contributed by atoms with Crippen LogP contribution in [0.3, 0.4) is 0 Å². The first-order chi connectivity index (χ1) is 3.29. The Bertz CT molecular complexity index is 160. The molecular weight excluding hydrogens is 101 g/mol. The number of carbonyl (C=O) groups is 1. The summed E-state index contributed by atoms with van der Waals surface area (Å²) in [4.78, 5) is 12.4. The van der Waals surface area contributed by atoms with Gasteiger partial charge in [0.15, 0.2) is 0 Å². The maximum absolute atomic E-state index is 11.4. The van der Waals surface area contributed by atoms with Gasteiger partial charge in [-0.2, -0.15) is 4.39 Å². The fourth-order valence-electron chi connectivity index (χ4n) is 0.208. The monoisotopic (exact) mass is 101 g/mol. The Morgan fingerprint density at radius 2 is 2.14 bits per heavy atom. The van der Waals surface area contributed by atoms with Crippen molar-refractivity contribution in [2.24, 2.45) is 15.2 Å². The van der Waals surface area contributed by atoms with Gasteiger partial charge in [-0.1, -0.05) is 10.2 Å². The van der Waals surface area contributed by atoms with Crippen LogP contribution in [0.5, 0.6) is 0 Å². The standard InChI is InChI=1S/C2FN3O/c3-1-4-2(7)6-5-1. The van der Waals surface area contributed by atoms with Crippen LogP contribution in [0.1, 0.15) is 0 Å². The summed E-state index contributed by atoms with van der Waals surface area (Å²) in [6, 6.07) is -0.877. The van der Waals surface area contributed by atoms with Gasteiger partial charge < -0.3 is 0 Å². The number of amidine groups is 1. The summed E-state index contributed by atoms with van der Waals surface area (Å²) in [6.07, 6.45) is -1.06. The number of amides is 2. The van der Waals surface area contributed by atoms with Crippen molar-refractivity contribution in [3.63, 3.8) is 0 Å². The molecule has 0 fully saturated rings. The third-order valence-electron chi connectivity index (χ3n) is 0.406. The Morgan fingerprint density at radius 1 is 1.43 bits per heavy atom. The lowest BCUT2D eigenvalue weighted by molar-refractivity contribution is 0.257. The summed E-state index contributed by atoms with van der Waals surface area (Å²) in [6.45, 7) is 0. The molecule has 2 amide bonds. The highest BCUT2D eigenvalue weighted by Gasteiger charge is 2.06. The highest BCUT2D eigenvalue weighted by atomic mass is 19.1. The first-order valence-corrected chi connectivity index (χ1v) is 1.49. The molecule has 1 aliphatic heterocycles. The van der Waals surface area contributed by atoms with Crippen LogP contribution in [0.4, 0.5) is 9.18 Å². The molecule has 0 aromatic rings. The van der Waals surface area contributed by atoms with Gasteiger partial charge in [0.05, 0.1) is 0 Å². The van der Waals surface area contributed by atoms with E-state index in [0.29, 0.717) is 0 Å². The summed E-state index contributed by atoms with van der Waals surface area (Å²) in [5.41, 5.74) is 0. The molecule has 0 N–H and O–H groups in total. The summed E-state index contributed by atoms with van der Waals surface area (Å²) >= 11 is 0. The van der Waals surface area contributed by atoms with Crippen molar-refractivity contribution < 1.29 is 9.18 Å². The zero-order valence-electron chi connectivity index (χ0n) is 3.13. The number of urea groups is 1. The number of azo groups is 1. The number of hydrogen-bond acceptors (Lipinski definition) is 2. The van der Waals surface area contributed by atoms with Crippen LogP contribution < -0.4 is 0 Å². The lowest BCUT2D eigenvalue weighted by Crippen LogP contribution is -1.75. The van der Waals surface area contributed by atoms with Gasteiger partial charge in [-0.05, 0) is 0 Å². The second-order valence-electron chi connectivity index (χ2n) is 0.863. The van der Waals surface area contributed by atoms with Gasteiger partial charge in [-0.25, -0.2) is 4.79 Å². The van der Waals surface area contributed by atoms with Crippen LogP contribution in [0.15, 0.2) is 15.2 Å². The number of halogens is 1. The Balaban J connectivity index is 2.88. The van der Waals surface area contributed by atoms with Crippen LogP contribution >= 0.6 is 0 Å². The van der Waals surface area contributed by atoms with Crippen molar-refractivity contribution >= 4 is 12.1 Å². The number of carbonyl (C=O) groups excluding carboxylic acids is 1. The molecule has 0 saturated heterocycles. The zero-order valence-corrected chi connectivity index (χ0v) is 3.13. The minimum atomic E-state index is -1.06. The first kappa shape index (κ1) is 4.04. The maximum atomic E-state index is 11.4. The van der Waals surface area contributed by atoms with Crippen molar-refractivity contribution in [1.29, 1.82) is 0 Å². The molecule has 1 rings (SSSR count). The van der Waals surface area contributed by atoms with Gasteiger partial charge in [0, 0.05) is 0 Å². The average Bonchev–Trinajstić information content (AvgIpc) is 1.87. The molecule has 1 aliphatic rings. The topological polar surface area (TPSA) is 54.1 Å². The van der Waals surface area contributed by atoms with Crippen LogP contribution in [-0.2, 0) is 0 Å². The second-order valence-corrected chi connectivity index (χ2v) is 0.863. The van der Waals surface area contributed by atoms with E-state index in [0.717, 1.165) is 0 Å². The van der Waals surface area contributed by atoms with E-state index in [-0.39, 0.29) is 0 Å². The third kappa shape index (κ3) is 0.648. The van der Waals surface area contributed by atoms with E-state index in [9.17, 15) is 9.18 Å². The SMILES string of the molecule is O=C1N=NC(F)=N1. The molecule has 7 heavy (non-hydrogen) atoms. The number of hydrogen-bond donors (Lipinski definition) is 0. The van der Waals surface area contributed by atoms with E-state index in [2.05, 4.69) is 15.2 Å². The van der Waals surface area contributed by atoms with E-state index in [1.54, 1.807) is 0 Å².